The fraction of sp³-hybridized carbons (Fsp3) is 0.611. The van der Waals surface area contributed by atoms with Gasteiger partial charge in [-0.3, -0.25) is 4.79 Å². The van der Waals surface area contributed by atoms with Gasteiger partial charge in [0.25, 0.3) is 0 Å². The van der Waals surface area contributed by atoms with Crippen molar-refractivity contribution in [3.63, 3.8) is 0 Å². The number of para-hydroxylation sites is 2. The van der Waals surface area contributed by atoms with Crippen molar-refractivity contribution in [2.45, 2.75) is 18.9 Å². The highest BCUT2D eigenvalue weighted by molar-refractivity contribution is 5.78. The Balaban J connectivity index is 1.43. The minimum absolute atomic E-state index is 0.174. The van der Waals surface area contributed by atoms with Crippen molar-refractivity contribution < 1.29 is 14.3 Å². The third-order valence-electron chi connectivity index (χ3n) is 4.73. The number of rotatable bonds is 6. The standard InChI is InChI=1S/C18H27N3O3/c1-23-17-7-3-2-6-16(17)20-8-10-21(11-9-20)18(22)14-19-13-15-5-4-12-24-15/h2-3,6-7,15,19H,4-5,8-14H2,1H3. The topological polar surface area (TPSA) is 54.0 Å². The number of amides is 1. The molecule has 0 aliphatic carbocycles. The third kappa shape index (κ3) is 4.19. The van der Waals surface area contributed by atoms with Crippen molar-refractivity contribution >= 4 is 11.6 Å². The molecule has 0 aromatic heterocycles. The average Bonchev–Trinajstić information content (AvgIpc) is 3.15. The van der Waals surface area contributed by atoms with Gasteiger partial charge in [-0.2, -0.15) is 0 Å². The lowest BCUT2D eigenvalue weighted by molar-refractivity contribution is -0.130. The lowest BCUT2D eigenvalue weighted by Crippen LogP contribution is -2.51. The molecule has 2 fully saturated rings. The fourth-order valence-corrected chi connectivity index (χ4v) is 3.34. The monoisotopic (exact) mass is 333 g/mol. The maximum absolute atomic E-state index is 12.3. The summed E-state index contributed by atoms with van der Waals surface area (Å²) in [5.74, 6) is 1.06. The van der Waals surface area contributed by atoms with Crippen LogP contribution in [0.1, 0.15) is 12.8 Å². The second-order valence-corrected chi connectivity index (χ2v) is 6.31. The van der Waals surface area contributed by atoms with Gasteiger partial charge in [0.05, 0.1) is 25.4 Å². The molecule has 1 amide bonds. The zero-order valence-corrected chi connectivity index (χ0v) is 14.4. The smallest absolute Gasteiger partial charge is 0.236 e. The Morgan fingerprint density at radius 1 is 1.29 bits per heavy atom. The molecule has 1 N–H and O–H groups in total. The Hall–Kier alpha value is -1.79. The number of carbonyl (C=O) groups excluding carboxylic acids is 1. The van der Waals surface area contributed by atoms with Gasteiger partial charge in [-0.25, -0.2) is 0 Å². The number of piperazine rings is 1. The number of hydrogen-bond acceptors (Lipinski definition) is 5. The van der Waals surface area contributed by atoms with Gasteiger partial charge in [-0.05, 0) is 25.0 Å². The highest BCUT2D eigenvalue weighted by Gasteiger charge is 2.23. The Labute approximate surface area is 143 Å². The first-order valence-corrected chi connectivity index (χ1v) is 8.76. The Kier molecular flexibility index (Phi) is 5.93. The van der Waals surface area contributed by atoms with Crippen molar-refractivity contribution in [2.75, 3.05) is 57.9 Å². The molecule has 0 saturated carbocycles. The predicted octanol–water partition coefficient (Wildman–Crippen LogP) is 1.11. The van der Waals surface area contributed by atoms with Gasteiger partial charge in [0, 0.05) is 39.3 Å². The van der Waals surface area contributed by atoms with Gasteiger partial charge >= 0.3 is 0 Å². The summed E-state index contributed by atoms with van der Waals surface area (Å²) in [5, 5.41) is 3.24. The molecule has 1 aromatic rings. The summed E-state index contributed by atoms with van der Waals surface area (Å²) in [6.07, 6.45) is 2.50. The normalized spacial score (nSPS) is 21.1. The second kappa shape index (κ2) is 8.35. The van der Waals surface area contributed by atoms with Crippen molar-refractivity contribution in [3.05, 3.63) is 24.3 Å². The van der Waals surface area contributed by atoms with Gasteiger partial charge in [0.1, 0.15) is 5.75 Å². The number of nitrogens with zero attached hydrogens (tertiary/aromatic N) is 2. The molecule has 0 bridgehead atoms. The van der Waals surface area contributed by atoms with E-state index in [9.17, 15) is 4.79 Å². The summed E-state index contributed by atoms with van der Waals surface area (Å²) in [7, 11) is 1.69. The van der Waals surface area contributed by atoms with Gasteiger partial charge in [0.15, 0.2) is 0 Å². The largest absolute Gasteiger partial charge is 0.495 e. The van der Waals surface area contributed by atoms with E-state index in [0.29, 0.717) is 6.54 Å². The van der Waals surface area contributed by atoms with Crippen molar-refractivity contribution in [1.82, 2.24) is 10.2 Å². The van der Waals surface area contributed by atoms with Gasteiger partial charge in [-0.1, -0.05) is 12.1 Å². The average molecular weight is 333 g/mol. The van der Waals surface area contributed by atoms with E-state index in [1.807, 2.05) is 23.1 Å². The SMILES string of the molecule is COc1ccccc1N1CCN(C(=O)CNCC2CCCO2)CC1. The van der Waals surface area contributed by atoms with Crippen LogP contribution in [-0.2, 0) is 9.53 Å². The van der Waals surface area contributed by atoms with Crippen LogP contribution in [0.15, 0.2) is 24.3 Å². The molecule has 1 atom stereocenters. The summed E-state index contributed by atoms with van der Waals surface area (Å²) in [5.41, 5.74) is 1.10. The summed E-state index contributed by atoms with van der Waals surface area (Å²) < 4.78 is 11.0. The van der Waals surface area contributed by atoms with Gasteiger partial charge < -0.3 is 24.6 Å². The molecule has 24 heavy (non-hydrogen) atoms. The van der Waals surface area contributed by atoms with Crippen LogP contribution in [0.3, 0.4) is 0 Å². The van der Waals surface area contributed by atoms with E-state index in [2.05, 4.69) is 16.3 Å². The predicted molar refractivity (Wildman–Crippen MR) is 93.6 cm³/mol. The molecule has 0 radical (unpaired) electrons. The minimum atomic E-state index is 0.174. The first kappa shape index (κ1) is 17.0. The number of ether oxygens (including phenoxy) is 2. The molecule has 2 aliphatic rings. The van der Waals surface area contributed by atoms with Gasteiger partial charge in [-0.15, -0.1) is 0 Å². The van der Waals surface area contributed by atoms with Crippen LogP contribution >= 0.6 is 0 Å². The van der Waals surface area contributed by atoms with E-state index in [0.717, 1.165) is 63.6 Å². The molecule has 0 spiro atoms. The molecule has 1 aromatic carbocycles. The van der Waals surface area contributed by atoms with E-state index < -0.39 is 0 Å². The zero-order valence-electron chi connectivity index (χ0n) is 14.4. The lowest BCUT2D eigenvalue weighted by atomic mass is 10.2. The second-order valence-electron chi connectivity index (χ2n) is 6.31. The fourth-order valence-electron chi connectivity index (χ4n) is 3.34. The molecule has 2 heterocycles. The Bertz CT molecular complexity index is 538. The molecule has 1 unspecified atom stereocenters. The highest BCUT2D eigenvalue weighted by atomic mass is 16.5. The maximum atomic E-state index is 12.3. The molecular weight excluding hydrogens is 306 g/mol. The number of nitrogens with one attached hydrogen (secondary N) is 1. The molecular formula is C18H27N3O3. The molecule has 6 heteroatoms. The van der Waals surface area contributed by atoms with E-state index in [1.165, 1.54) is 0 Å². The van der Waals surface area contributed by atoms with E-state index >= 15 is 0 Å². The van der Waals surface area contributed by atoms with E-state index in [1.54, 1.807) is 7.11 Å². The number of benzene rings is 1. The first-order chi connectivity index (χ1) is 11.8. The molecule has 2 aliphatic heterocycles. The van der Waals surface area contributed by atoms with Crippen LogP contribution in [0.25, 0.3) is 0 Å². The van der Waals surface area contributed by atoms with Crippen LogP contribution in [0.4, 0.5) is 5.69 Å². The van der Waals surface area contributed by atoms with Crippen LogP contribution < -0.4 is 15.0 Å². The quantitative estimate of drug-likeness (QED) is 0.845. The summed E-state index contributed by atoms with van der Waals surface area (Å²) in [4.78, 5) is 16.5. The number of hydrogen-bond donors (Lipinski definition) is 1. The van der Waals surface area contributed by atoms with Crippen molar-refractivity contribution in [1.29, 1.82) is 0 Å². The summed E-state index contributed by atoms with van der Waals surface area (Å²) >= 11 is 0. The maximum Gasteiger partial charge on any atom is 0.236 e. The van der Waals surface area contributed by atoms with Crippen LogP contribution in [0, 0.1) is 0 Å². The highest BCUT2D eigenvalue weighted by Crippen LogP contribution is 2.28. The minimum Gasteiger partial charge on any atom is -0.495 e. The summed E-state index contributed by atoms with van der Waals surface area (Å²) in [6.45, 7) is 5.18. The molecule has 3 rings (SSSR count). The van der Waals surface area contributed by atoms with Crippen LogP contribution in [-0.4, -0.2) is 69.9 Å². The van der Waals surface area contributed by atoms with Gasteiger partial charge in [0.2, 0.25) is 5.91 Å². The molecule has 2 saturated heterocycles. The van der Waals surface area contributed by atoms with Crippen molar-refractivity contribution in [2.24, 2.45) is 0 Å². The lowest BCUT2D eigenvalue weighted by Gasteiger charge is -2.36. The molecule has 132 valence electrons. The summed E-state index contributed by atoms with van der Waals surface area (Å²) in [6, 6.07) is 8.04. The Morgan fingerprint density at radius 2 is 2.08 bits per heavy atom. The van der Waals surface area contributed by atoms with Crippen molar-refractivity contribution in [3.8, 4) is 5.75 Å². The first-order valence-electron chi connectivity index (χ1n) is 8.76. The third-order valence-corrected chi connectivity index (χ3v) is 4.73. The number of anilines is 1. The number of carbonyl (C=O) groups is 1. The van der Waals surface area contributed by atoms with Crippen LogP contribution in [0.5, 0.6) is 5.75 Å². The van der Waals surface area contributed by atoms with E-state index in [-0.39, 0.29) is 12.0 Å². The van der Waals surface area contributed by atoms with E-state index in [4.69, 9.17) is 9.47 Å². The Morgan fingerprint density at radius 3 is 2.79 bits per heavy atom. The zero-order chi connectivity index (χ0) is 16.8. The van der Waals surface area contributed by atoms with Crippen LogP contribution in [0.2, 0.25) is 0 Å². The number of methoxy groups -OCH3 is 1. The molecule has 6 nitrogen and oxygen atoms in total.